The molecule has 1 saturated heterocycles. The van der Waals surface area contributed by atoms with Crippen molar-refractivity contribution in [1.82, 2.24) is 9.80 Å². The lowest BCUT2D eigenvalue weighted by molar-refractivity contribution is -0.140. The third-order valence-corrected chi connectivity index (χ3v) is 5.56. The number of aromatic hydroxyl groups is 1. The maximum Gasteiger partial charge on any atom is 0.295 e. The van der Waals surface area contributed by atoms with Gasteiger partial charge < -0.3 is 20.0 Å². The number of aliphatic hydroxyl groups is 1. The Bertz CT molecular complexity index is 1190. The minimum atomic E-state index is -0.786. The summed E-state index contributed by atoms with van der Waals surface area (Å²) in [6, 6.07) is 18.7. The fourth-order valence-corrected chi connectivity index (χ4v) is 4.04. The SMILES string of the molecule is CN(C)CCN1C(=O)C(=O)/C(=C(\O)c2cccc3ccccc23)C1c1cccc(O)c1. The Morgan fingerprint density at radius 3 is 2.45 bits per heavy atom. The van der Waals surface area contributed by atoms with Gasteiger partial charge in [0.1, 0.15) is 11.5 Å². The summed E-state index contributed by atoms with van der Waals surface area (Å²) in [4.78, 5) is 29.4. The van der Waals surface area contributed by atoms with Crippen LogP contribution in [0.25, 0.3) is 16.5 Å². The number of phenols is 1. The van der Waals surface area contributed by atoms with Crippen LogP contribution in [0.3, 0.4) is 0 Å². The zero-order chi connectivity index (χ0) is 22.1. The average molecular weight is 416 g/mol. The number of Topliss-reactive ketones (excluding diaryl/α,β-unsaturated/α-hetero) is 1. The molecule has 1 atom stereocenters. The number of aliphatic hydroxyl groups excluding tert-OH is 1. The zero-order valence-corrected chi connectivity index (χ0v) is 17.4. The van der Waals surface area contributed by atoms with Crippen molar-refractivity contribution < 1.29 is 19.8 Å². The lowest BCUT2D eigenvalue weighted by Crippen LogP contribution is -2.35. The van der Waals surface area contributed by atoms with E-state index in [-0.39, 0.29) is 17.1 Å². The van der Waals surface area contributed by atoms with E-state index in [1.165, 1.54) is 17.0 Å². The second-order valence-corrected chi connectivity index (χ2v) is 7.92. The second-order valence-electron chi connectivity index (χ2n) is 7.92. The first-order valence-corrected chi connectivity index (χ1v) is 10.1. The van der Waals surface area contributed by atoms with E-state index in [2.05, 4.69) is 0 Å². The maximum atomic E-state index is 13.1. The highest BCUT2D eigenvalue weighted by Crippen LogP contribution is 2.41. The predicted octanol–water partition coefficient (Wildman–Crippen LogP) is 3.53. The van der Waals surface area contributed by atoms with E-state index < -0.39 is 17.7 Å². The largest absolute Gasteiger partial charge is 0.508 e. The molecule has 0 saturated carbocycles. The Hall–Kier alpha value is -3.64. The monoisotopic (exact) mass is 416 g/mol. The van der Waals surface area contributed by atoms with Crippen LogP contribution in [-0.4, -0.2) is 58.9 Å². The number of hydrogen-bond acceptors (Lipinski definition) is 5. The van der Waals surface area contributed by atoms with Crippen molar-refractivity contribution in [1.29, 1.82) is 0 Å². The molecule has 4 rings (SSSR count). The summed E-state index contributed by atoms with van der Waals surface area (Å²) < 4.78 is 0. The van der Waals surface area contributed by atoms with Gasteiger partial charge in [-0.2, -0.15) is 0 Å². The van der Waals surface area contributed by atoms with Gasteiger partial charge in [0.2, 0.25) is 0 Å². The van der Waals surface area contributed by atoms with Gasteiger partial charge in [0, 0.05) is 18.7 Å². The molecule has 0 spiro atoms. The first-order chi connectivity index (χ1) is 14.9. The molecule has 0 radical (unpaired) electrons. The molecule has 1 aliphatic rings. The number of benzene rings is 3. The topological polar surface area (TPSA) is 81.1 Å². The highest BCUT2D eigenvalue weighted by atomic mass is 16.3. The standard InChI is InChI=1S/C25H24N2O4/c1-26(2)13-14-27-22(17-9-5-10-18(28)15-17)21(24(30)25(27)31)23(29)20-12-6-8-16-7-3-4-11-19(16)20/h3-12,15,22,28-29H,13-14H2,1-2H3/b23-21-. The normalized spacial score (nSPS) is 18.3. The molecule has 1 heterocycles. The summed E-state index contributed by atoms with van der Waals surface area (Å²) >= 11 is 0. The molecule has 6 heteroatoms. The van der Waals surface area contributed by atoms with Crippen LogP contribution in [0.2, 0.25) is 0 Å². The van der Waals surface area contributed by atoms with Crippen LogP contribution >= 0.6 is 0 Å². The van der Waals surface area contributed by atoms with Crippen molar-refractivity contribution in [3.05, 3.63) is 83.4 Å². The number of fused-ring (bicyclic) bond motifs is 1. The van der Waals surface area contributed by atoms with Crippen LogP contribution in [0.4, 0.5) is 0 Å². The number of ketones is 1. The van der Waals surface area contributed by atoms with E-state index in [0.29, 0.717) is 24.2 Å². The minimum absolute atomic E-state index is 0.0286. The van der Waals surface area contributed by atoms with Crippen LogP contribution in [0.5, 0.6) is 5.75 Å². The lowest BCUT2D eigenvalue weighted by Gasteiger charge is -2.26. The number of likely N-dealkylation sites (tertiary alicyclic amines) is 1. The molecule has 0 aliphatic carbocycles. The maximum absolute atomic E-state index is 13.1. The molecular formula is C25H24N2O4. The molecule has 0 bridgehead atoms. The summed E-state index contributed by atoms with van der Waals surface area (Å²) in [5, 5.41) is 23.0. The Morgan fingerprint density at radius 1 is 1.00 bits per heavy atom. The molecular weight excluding hydrogens is 392 g/mol. The van der Waals surface area contributed by atoms with Gasteiger partial charge >= 0.3 is 0 Å². The van der Waals surface area contributed by atoms with E-state index in [1.807, 2.05) is 55.4 Å². The molecule has 31 heavy (non-hydrogen) atoms. The molecule has 3 aromatic carbocycles. The Balaban J connectivity index is 1.92. The number of hydrogen-bond donors (Lipinski definition) is 2. The quantitative estimate of drug-likeness (QED) is 0.378. The van der Waals surface area contributed by atoms with Crippen molar-refractivity contribution in [3.8, 4) is 5.75 Å². The van der Waals surface area contributed by atoms with Gasteiger partial charge in [-0.15, -0.1) is 0 Å². The van der Waals surface area contributed by atoms with Crippen LogP contribution < -0.4 is 0 Å². The van der Waals surface area contributed by atoms with Crippen molar-refractivity contribution in [3.63, 3.8) is 0 Å². The van der Waals surface area contributed by atoms with E-state index in [1.54, 1.807) is 18.2 Å². The van der Waals surface area contributed by atoms with Crippen molar-refractivity contribution in [2.45, 2.75) is 6.04 Å². The molecule has 2 N–H and O–H groups in total. The molecule has 1 aliphatic heterocycles. The Morgan fingerprint density at radius 2 is 1.71 bits per heavy atom. The molecule has 6 nitrogen and oxygen atoms in total. The van der Waals surface area contributed by atoms with Gasteiger partial charge in [-0.3, -0.25) is 9.59 Å². The van der Waals surface area contributed by atoms with Crippen molar-refractivity contribution in [2.24, 2.45) is 0 Å². The van der Waals surface area contributed by atoms with Crippen molar-refractivity contribution >= 4 is 28.2 Å². The van der Waals surface area contributed by atoms with Crippen LogP contribution in [0, 0.1) is 0 Å². The van der Waals surface area contributed by atoms with Gasteiger partial charge in [-0.1, -0.05) is 54.6 Å². The lowest BCUT2D eigenvalue weighted by atomic mass is 9.93. The smallest absolute Gasteiger partial charge is 0.295 e. The first kappa shape index (κ1) is 20.6. The van der Waals surface area contributed by atoms with Crippen LogP contribution in [0.1, 0.15) is 17.2 Å². The highest BCUT2D eigenvalue weighted by molar-refractivity contribution is 6.46. The molecule has 1 amide bonds. The number of carbonyl (C=O) groups is 2. The Labute approximate surface area is 180 Å². The second kappa shape index (κ2) is 8.24. The van der Waals surface area contributed by atoms with Crippen molar-refractivity contribution in [2.75, 3.05) is 27.2 Å². The number of phenolic OH excluding ortho intramolecular Hbond substituents is 1. The zero-order valence-electron chi connectivity index (χ0n) is 17.4. The van der Waals surface area contributed by atoms with Crippen LogP contribution in [-0.2, 0) is 9.59 Å². The number of carbonyl (C=O) groups excluding carboxylic acids is 2. The van der Waals surface area contributed by atoms with Gasteiger partial charge in [0.15, 0.2) is 0 Å². The molecule has 0 aromatic heterocycles. The highest BCUT2D eigenvalue weighted by Gasteiger charge is 2.46. The number of rotatable bonds is 5. The first-order valence-electron chi connectivity index (χ1n) is 10.1. The van der Waals surface area contributed by atoms with Gasteiger partial charge in [-0.05, 0) is 42.6 Å². The van der Waals surface area contributed by atoms with E-state index in [4.69, 9.17) is 0 Å². The fraction of sp³-hybridized carbons (Fsp3) is 0.200. The Kier molecular flexibility index (Phi) is 5.48. The van der Waals surface area contributed by atoms with Gasteiger partial charge in [0.25, 0.3) is 11.7 Å². The van der Waals surface area contributed by atoms with E-state index in [9.17, 15) is 19.8 Å². The number of amides is 1. The number of nitrogens with zero attached hydrogens (tertiary/aromatic N) is 2. The summed E-state index contributed by atoms with van der Waals surface area (Å²) in [5.74, 6) is -1.56. The third-order valence-electron chi connectivity index (χ3n) is 5.56. The summed E-state index contributed by atoms with van der Waals surface area (Å²) in [7, 11) is 3.77. The summed E-state index contributed by atoms with van der Waals surface area (Å²) in [6.45, 7) is 0.862. The number of likely N-dealkylation sites (N-methyl/N-ethyl adjacent to an activating group) is 1. The van der Waals surface area contributed by atoms with E-state index >= 15 is 0 Å². The summed E-state index contributed by atoms with van der Waals surface area (Å²) in [6.07, 6.45) is 0. The van der Waals surface area contributed by atoms with Gasteiger partial charge in [-0.25, -0.2) is 0 Å². The minimum Gasteiger partial charge on any atom is -0.508 e. The van der Waals surface area contributed by atoms with Gasteiger partial charge in [0.05, 0.1) is 11.6 Å². The fourth-order valence-electron chi connectivity index (χ4n) is 4.04. The average Bonchev–Trinajstić information content (AvgIpc) is 3.01. The summed E-state index contributed by atoms with van der Waals surface area (Å²) in [5.41, 5.74) is 1.10. The molecule has 1 fully saturated rings. The third kappa shape index (κ3) is 3.78. The predicted molar refractivity (Wildman–Crippen MR) is 120 cm³/mol. The van der Waals surface area contributed by atoms with Crippen LogP contribution in [0.15, 0.2) is 72.3 Å². The molecule has 1 unspecified atom stereocenters. The van der Waals surface area contributed by atoms with E-state index in [0.717, 1.165) is 10.8 Å². The molecule has 158 valence electrons. The molecule has 3 aromatic rings.